The Morgan fingerprint density at radius 3 is 2.79 bits per heavy atom. The van der Waals surface area contributed by atoms with Crippen molar-refractivity contribution in [3.8, 4) is 11.1 Å². The molecule has 3 heteroatoms. The lowest BCUT2D eigenvalue weighted by atomic mass is 10.0. The minimum absolute atomic E-state index is 0.814. The lowest BCUT2D eigenvalue weighted by Crippen LogP contribution is -2.04. The average molecular weight is 288 g/mol. The standard InChI is InChI=1S/C16H14ClNS/c1-18-10-11-5-6-13(15(17)9-11)14-4-2-3-12-7-8-19-16(12)14/h2-9,18H,10H2,1H3. The number of thiophene rings is 1. The highest BCUT2D eigenvalue weighted by atomic mass is 35.5. The zero-order valence-electron chi connectivity index (χ0n) is 10.6. The molecule has 1 aromatic heterocycles. The van der Waals surface area contributed by atoms with E-state index in [1.54, 1.807) is 11.3 Å². The van der Waals surface area contributed by atoms with Crippen LogP contribution in [0.3, 0.4) is 0 Å². The highest BCUT2D eigenvalue weighted by molar-refractivity contribution is 7.17. The Bertz CT molecular complexity index is 718. The lowest BCUT2D eigenvalue weighted by molar-refractivity contribution is 0.818. The van der Waals surface area contributed by atoms with E-state index in [-0.39, 0.29) is 0 Å². The van der Waals surface area contributed by atoms with Crippen LogP contribution < -0.4 is 5.32 Å². The maximum absolute atomic E-state index is 6.44. The van der Waals surface area contributed by atoms with E-state index in [0.29, 0.717) is 0 Å². The first-order valence-electron chi connectivity index (χ1n) is 6.19. The van der Waals surface area contributed by atoms with Crippen LogP contribution in [0.2, 0.25) is 5.02 Å². The molecule has 0 radical (unpaired) electrons. The first-order valence-corrected chi connectivity index (χ1v) is 7.45. The van der Waals surface area contributed by atoms with E-state index in [2.05, 4.69) is 47.1 Å². The lowest BCUT2D eigenvalue weighted by Gasteiger charge is -2.08. The number of rotatable bonds is 3. The van der Waals surface area contributed by atoms with E-state index in [0.717, 1.165) is 17.1 Å². The highest BCUT2D eigenvalue weighted by Gasteiger charge is 2.09. The van der Waals surface area contributed by atoms with Gasteiger partial charge in [-0.05, 0) is 35.5 Å². The van der Waals surface area contributed by atoms with E-state index < -0.39 is 0 Å². The summed E-state index contributed by atoms with van der Waals surface area (Å²) in [5.74, 6) is 0. The normalized spacial score (nSPS) is 11.1. The molecule has 0 amide bonds. The van der Waals surface area contributed by atoms with Crippen LogP contribution in [0, 0.1) is 0 Å². The summed E-state index contributed by atoms with van der Waals surface area (Å²) in [5, 5.41) is 7.35. The predicted molar refractivity (Wildman–Crippen MR) is 85.0 cm³/mol. The molecule has 1 N–H and O–H groups in total. The van der Waals surface area contributed by atoms with Crippen molar-refractivity contribution in [2.75, 3.05) is 7.05 Å². The van der Waals surface area contributed by atoms with Crippen molar-refractivity contribution in [3.63, 3.8) is 0 Å². The van der Waals surface area contributed by atoms with Crippen LogP contribution in [0.15, 0.2) is 47.8 Å². The van der Waals surface area contributed by atoms with Crippen molar-refractivity contribution in [1.29, 1.82) is 0 Å². The quantitative estimate of drug-likeness (QED) is 0.719. The van der Waals surface area contributed by atoms with Gasteiger partial charge in [0.25, 0.3) is 0 Å². The molecule has 3 aromatic rings. The average Bonchev–Trinajstić information content (AvgIpc) is 2.88. The third kappa shape index (κ3) is 2.39. The van der Waals surface area contributed by atoms with Gasteiger partial charge in [-0.15, -0.1) is 11.3 Å². The van der Waals surface area contributed by atoms with Crippen molar-refractivity contribution in [3.05, 3.63) is 58.4 Å². The third-order valence-corrected chi connectivity index (χ3v) is 4.46. The van der Waals surface area contributed by atoms with E-state index in [9.17, 15) is 0 Å². The van der Waals surface area contributed by atoms with Gasteiger partial charge in [-0.3, -0.25) is 0 Å². The Hall–Kier alpha value is -1.35. The monoisotopic (exact) mass is 287 g/mol. The maximum atomic E-state index is 6.44. The summed E-state index contributed by atoms with van der Waals surface area (Å²) in [6.45, 7) is 0.837. The van der Waals surface area contributed by atoms with Crippen molar-refractivity contribution >= 4 is 33.0 Å². The Morgan fingerprint density at radius 2 is 2.00 bits per heavy atom. The molecule has 0 saturated carbocycles. The van der Waals surface area contributed by atoms with E-state index in [4.69, 9.17) is 11.6 Å². The smallest absolute Gasteiger partial charge is 0.0488 e. The summed E-state index contributed by atoms with van der Waals surface area (Å²) in [6, 6.07) is 14.8. The number of halogens is 1. The van der Waals surface area contributed by atoms with E-state index in [1.807, 2.05) is 13.1 Å². The molecule has 96 valence electrons. The van der Waals surface area contributed by atoms with Gasteiger partial charge in [0, 0.05) is 27.4 Å². The second-order valence-corrected chi connectivity index (χ2v) is 5.81. The molecule has 19 heavy (non-hydrogen) atoms. The fourth-order valence-electron chi connectivity index (χ4n) is 2.30. The molecule has 0 aliphatic heterocycles. The number of benzene rings is 2. The zero-order valence-corrected chi connectivity index (χ0v) is 12.2. The van der Waals surface area contributed by atoms with Crippen LogP contribution in [0.4, 0.5) is 0 Å². The van der Waals surface area contributed by atoms with Gasteiger partial charge in [0.15, 0.2) is 0 Å². The molecule has 1 nitrogen and oxygen atoms in total. The number of fused-ring (bicyclic) bond motifs is 1. The predicted octanol–water partition coefficient (Wildman–Crippen LogP) is 4.94. The first kappa shape index (κ1) is 12.7. The molecule has 1 heterocycles. The summed E-state index contributed by atoms with van der Waals surface area (Å²) in [4.78, 5) is 0. The van der Waals surface area contributed by atoms with Crippen LogP contribution >= 0.6 is 22.9 Å². The second kappa shape index (κ2) is 5.33. The molecule has 0 aliphatic carbocycles. The highest BCUT2D eigenvalue weighted by Crippen LogP contribution is 2.36. The third-order valence-electron chi connectivity index (χ3n) is 3.18. The number of nitrogens with one attached hydrogen (secondary N) is 1. The molecule has 0 atom stereocenters. The fourth-order valence-corrected chi connectivity index (χ4v) is 3.53. The molecule has 0 spiro atoms. The van der Waals surface area contributed by atoms with Crippen molar-refractivity contribution in [2.45, 2.75) is 6.54 Å². The fraction of sp³-hybridized carbons (Fsp3) is 0.125. The van der Waals surface area contributed by atoms with Crippen LogP contribution in [0.5, 0.6) is 0 Å². The number of hydrogen-bond donors (Lipinski definition) is 1. The summed E-state index contributed by atoms with van der Waals surface area (Å²) < 4.78 is 1.30. The van der Waals surface area contributed by atoms with Gasteiger partial charge in [-0.2, -0.15) is 0 Å². The molecular formula is C16H14ClNS. The maximum Gasteiger partial charge on any atom is 0.0488 e. The molecule has 0 fully saturated rings. The van der Waals surface area contributed by atoms with Crippen molar-refractivity contribution < 1.29 is 0 Å². The van der Waals surface area contributed by atoms with E-state index in [1.165, 1.54) is 21.2 Å². The topological polar surface area (TPSA) is 12.0 Å². The van der Waals surface area contributed by atoms with Gasteiger partial charge in [0.1, 0.15) is 0 Å². The molecule has 0 saturated heterocycles. The molecular weight excluding hydrogens is 274 g/mol. The first-order chi connectivity index (χ1) is 9.29. The van der Waals surface area contributed by atoms with Crippen LogP contribution in [0.1, 0.15) is 5.56 Å². The summed E-state index contributed by atoms with van der Waals surface area (Å²) in [6.07, 6.45) is 0. The number of hydrogen-bond acceptors (Lipinski definition) is 2. The minimum atomic E-state index is 0.814. The van der Waals surface area contributed by atoms with Gasteiger partial charge in [-0.1, -0.05) is 41.9 Å². The minimum Gasteiger partial charge on any atom is -0.316 e. The Labute approximate surface area is 121 Å². The summed E-state index contributed by atoms with van der Waals surface area (Å²) in [7, 11) is 1.94. The summed E-state index contributed by atoms with van der Waals surface area (Å²) in [5.41, 5.74) is 3.53. The molecule has 0 unspecified atom stereocenters. The molecule has 0 bridgehead atoms. The van der Waals surface area contributed by atoms with Gasteiger partial charge in [0.2, 0.25) is 0 Å². The largest absolute Gasteiger partial charge is 0.316 e. The zero-order chi connectivity index (χ0) is 13.2. The molecule has 2 aromatic carbocycles. The SMILES string of the molecule is CNCc1ccc(-c2cccc3ccsc23)c(Cl)c1. The molecule has 0 aliphatic rings. The van der Waals surface area contributed by atoms with Crippen LogP contribution in [0.25, 0.3) is 21.2 Å². The van der Waals surface area contributed by atoms with Crippen molar-refractivity contribution in [1.82, 2.24) is 5.32 Å². The van der Waals surface area contributed by atoms with Crippen molar-refractivity contribution in [2.24, 2.45) is 0 Å². The van der Waals surface area contributed by atoms with Crippen LogP contribution in [-0.4, -0.2) is 7.05 Å². The summed E-state index contributed by atoms with van der Waals surface area (Å²) >= 11 is 8.20. The van der Waals surface area contributed by atoms with Gasteiger partial charge in [0.05, 0.1) is 0 Å². The van der Waals surface area contributed by atoms with Gasteiger partial charge < -0.3 is 5.32 Å². The molecule has 3 rings (SSSR count). The second-order valence-electron chi connectivity index (χ2n) is 4.49. The Kier molecular flexibility index (Phi) is 3.56. The Balaban J connectivity index is 2.13. The van der Waals surface area contributed by atoms with Gasteiger partial charge >= 0.3 is 0 Å². The Morgan fingerprint density at radius 1 is 1.11 bits per heavy atom. The van der Waals surface area contributed by atoms with Crippen LogP contribution in [-0.2, 0) is 6.54 Å². The van der Waals surface area contributed by atoms with E-state index >= 15 is 0 Å². The van der Waals surface area contributed by atoms with Gasteiger partial charge in [-0.25, -0.2) is 0 Å².